The van der Waals surface area contributed by atoms with E-state index in [-0.39, 0.29) is 5.91 Å². The van der Waals surface area contributed by atoms with Gasteiger partial charge >= 0.3 is 0 Å². The van der Waals surface area contributed by atoms with Gasteiger partial charge in [-0.25, -0.2) is 24.6 Å². The minimum Gasteiger partial charge on any atom is -0.354 e. The van der Waals surface area contributed by atoms with Crippen LogP contribution in [0.3, 0.4) is 0 Å². The molecular formula is C15H16N8O. The van der Waals surface area contributed by atoms with Crippen molar-refractivity contribution >= 4 is 11.9 Å². The van der Waals surface area contributed by atoms with Crippen molar-refractivity contribution in [3.8, 4) is 5.82 Å². The second-order valence-electron chi connectivity index (χ2n) is 4.89. The topological polar surface area (TPSA) is 111 Å². The molecule has 0 bridgehead atoms. The Bertz CT molecular complexity index is 758. The predicted octanol–water partition coefficient (Wildman–Crippen LogP) is 0.571. The lowest BCUT2D eigenvalue weighted by Gasteiger charge is -2.07. The van der Waals surface area contributed by atoms with Crippen molar-refractivity contribution in [2.45, 2.75) is 13.0 Å². The van der Waals surface area contributed by atoms with E-state index in [9.17, 15) is 4.79 Å². The lowest BCUT2D eigenvalue weighted by atomic mass is 10.2. The van der Waals surface area contributed by atoms with Crippen molar-refractivity contribution in [2.24, 2.45) is 0 Å². The maximum absolute atomic E-state index is 11.8. The van der Waals surface area contributed by atoms with Gasteiger partial charge in [-0.2, -0.15) is 5.10 Å². The number of carbonyl (C=O) groups is 1. The Balaban J connectivity index is 1.41. The molecule has 3 aromatic heterocycles. The van der Waals surface area contributed by atoms with Gasteiger partial charge in [-0.3, -0.25) is 4.79 Å². The maximum atomic E-state index is 11.8. The summed E-state index contributed by atoms with van der Waals surface area (Å²) in [7, 11) is 0. The average molecular weight is 324 g/mol. The minimum atomic E-state index is -0.0567. The maximum Gasteiger partial charge on any atom is 0.222 e. The molecule has 0 radical (unpaired) electrons. The van der Waals surface area contributed by atoms with Gasteiger partial charge in [0, 0.05) is 38.1 Å². The van der Waals surface area contributed by atoms with Gasteiger partial charge in [0.15, 0.2) is 5.82 Å². The van der Waals surface area contributed by atoms with E-state index in [4.69, 9.17) is 0 Å². The van der Waals surface area contributed by atoms with Crippen LogP contribution >= 0.6 is 0 Å². The summed E-state index contributed by atoms with van der Waals surface area (Å²) in [5, 5.41) is 9.84. The van der Waals surface area contributed by atoms with Gasteiger partial charge in [-0.05, 0) is 17.7 Å². The Morgan fingerprint density at radius 3 is 2.75 bits per heavy atom. The lowest BCUT2D eigenvalue weighted by molar-refractivity contribution is -0.121. The Kier molecular flexibility index (Phi) is 5.03. The van der Waals surface area contributed by atoms with Gasteiger partial charge in [0.2, 0.25) is 11.9 Å². The minimum absolute atomic E-state index is 0.0567. The molecule has 0 aliphatic rings. The van der Waals surface area contributed by atoms with Gasteiger partial charge in [0.1, 0.15) is 12.7 Å². The predicted molar refractivity (Wildman–Crippen MR) is 86.1 cm³/mol. The van der Waals surface area contributed by atoms with Gasteiger partial charge in [-0.15, -0.1) is 0 Å². The van der Waals surface area contributed by atoms with Gasteiger partial charge < -0.3 is 10.6 Å². The van der Waals surface area contributed by atoms with E-state index in [2.05, 4.69) is 35.7 Å². The number of amides is 1. The molecule has 3 rings (SSSR count). The molecule has 3 heterocycles. The standard InChI is InChI=1S/C15H16N8O/c24-14(4-7-19-15-17-5-1-6-18-15)21-9-12-2-3-13(20-8-12)23-11-16-10-22-23/h1-3,5-6,8,10-11H,4,7,9H2,(H,21,24)(H,17,18,19). The monoisotopic (exact) mass is 324 g/mol. The van der Waals surface area contributed by atoms with Crippen molar-refractivity contribution in [3.05, 3.63) is 55.0 Å². The Labute approximate surface area is 138 Å². The third kappa shape index (κ3) is 4.32. The molecule has 1 amide bonds. The van der Waals surface area contributed by atoms with Crippen LogP contribution in [-0.2, 0) is 11.3 Å². The SMILES string of the molecule is O=C(CCNc1ncccn1)NCc1ccc(-n2cncn2)nc1. The van der Waals surface area contributed by atoms with E-state index < -0.39 is 0 Å². The number of anilines is 1. The van der Waals surface area contributed by atoms with E-state index in [1.165, 1.54) is 6.33 Å². The third-order valence-corrected chi connectivity index (χ3v) is 3.15. The molecule has 3 aromatic rings. The summed E-state index contributed by atoms with van der Waals surface area (Å²) in [6.45, 7) is 0.893. The molecule has 122 valence electrons. The Morgan fingerprint density at radius 1 is 1.17 bits per heavy atom. The van der Waals surface area contributed by atoms with Crippen LogP contribution in [0.15, 0.2) is 49.4 Å². The van der Waals surface area contributed by atoms with Crippen molar-refractivity contribution in [1.82, 2.24) is 35.0 Å². The Morgan fingerprint density at radius 2 is 2.04 bits per heavy atom. The van der Waals surface area contributed by atoms with Gasteiger partial charge in [0.25, 0.3) is 0 Å². The first kappa shape index (κ1) is 15.5. The highest BCUT2D eigenvalue weighted by atomic mass is 16.1. The van der Waals surface area contributed by atoms with E-state index >= 15 is 0 Å². The van der Waals surface area contributed by atoms with Crippen LogP contribution in [0.25, 0.3) is 5.82 Å². The number of pyridine rings is 1. The molecule has 0 fully saturated rings. The molecule has 0 saturated heterocycles. The number of rotatable bonds is 7. The number of hydrogen-bond acceptors (Lipinski definition) is 7. The van der Waals surface area contributed by atoms with E-state index in [1.807, 2.05) is 12.1 Å². The average Bonchev–Trinajstić information content (AvgIpc) is 3.16. The van der Waals surface area contributed by atoms with Crippen LogP contribution in [-0.4, -0.2) is 42.2 Å². The zero-order chi connectivity index (χ0) is 16.6. The lowest BCUT2D eigenvalue weighted by Crippen LogP contribution is -2.25. The molecule has 2 N–H and O–H groups in total. The van der Waals surface area contributed by atoms with Crippen LogP contribution in [0.2, 0.25) is 0 Å². The molecule has 0 unspecified atom stereocenters. The number of aromatic nitrogens is 6. The highest BCUT2D eigenvalue weighted by Gasteiger charge is 2.03. The highest BCUT2D eigenvalue weighted by molar-refractivity contribution is 5.76. The number of nitrogens with one attached hydrogen (secondary N) is 2. The van der Waals surface area contributed by atoms with Crippen molar-refractivity contribution < 1.29 is 4.79 Å². The fraction of sp³-hybridized carbons (Fsp3) is 0.200. The van der Waals surface area contributed by atoms with Gasteiger partial charge in [-0.1, -0.05) is 6.07 Å². The van der Waals surface area contributed by atoms with Crippen LogP contribution in [0, 0.1) is 0 Å². The number of nitrogens with zero attached hydrogens (tertiary/aromatic N) is 6. The molecule has 0 aliphatic heterocycles. The smallest absolute Gasteiger partial charge is 0.222 e. The molecule has 0 saturated carbocycles. The van der Waals surface area contributed by atoms with E-state index in [1.54, 1.807) is 35.7 Å². The summed E-state index contributed by atoms with van der Waals surface area (Å²) < 4.78 is 1.57. The number of hydrogen-bond donors (Lipinski definition) is 2. The van der Waals surface area contributed by atoms with Crippen LogP contribution < -0.4 is 10.6 Å². The van der Waals surface area contributed by atoms with E-state index in [0.29, 0.717) is 31.3 Å². The largest absolute Gasteiger partial charge is 0.354 e. The quantitative estimate of drug-likeness (QED) is 0.653. The second-order valence-corrected chi connectivity index (χ2v) is 4.89. The summed E-state index contributed by atoms with van der Waals surface area (Å²) >= 11 is 0. The molecule has 0 spiro atoms. The fourth-order valence-electron chi connectivity index (χ4n) is 1.95. The summed E-state index contributed by atoms with van der Waals surface area (Å²) in [5.74, 6) is 1.13. The summed E-state index contributed by atoms with van der Waals surface area (Å²) in [6, 6.07) is 5.45. The Hall–Kier alpha value is -3.36. The van der Waals surface area contributed by atoms with Crippen LogP contribution in [0.4, 0.5) is 5.95 Å². The summed E-state index contributed by atoms with van der Waals surface area (Å²) in [4.78, 5) is 28.0. The zero-order valence-corrected chi connectivity index (χ0v) is 12.8. The first-order valence-corrected chi connectivity index (χ1v) is 7.39. The molecule has 0 aliphatic carbocycles. The summed E-state index contributed by atoms with van der Waals surface area (Å²) in [6.07, 6.45) is 8.35. The second kappa shape index (κ2) is 7.77. The van der Waals surface area contributed by atoms with Gasteiger partial charge in [0.05, 0.1) is 0 Å². The normalized spacial score (nSPS) is 10.3. The zero-order valence-electron chi connectivity index (χ0n) is 12.8. The van der Waals surface area contributed by atoms with Crippen molar-refractivity contribution in [1.29, 1.82) is 0 Å². The van der Waals surface area contributed by atoms with Crippen LogP contribution in [0.1, 0.15) is 12.0 Å². The fourth-order valence-corrected chi connectivity index (χ4v) is 1.95. The first-order valence-electron chi connectivity index (χ1n) is 7.39. The van der Waals surface area contributed by atoms with Crippen LogP contribution in [0.5, 0.6) is 0 Å². The molecule has 0 aromatic carbocycles. The van der Waals surface area contributed by atoms with E-state index in [0.717, 1.165) is 5.56 Å². The number of carbonyl (C=O) groups excluding carboxylic acids is 1. The molecule has 9 heteroatoms. The molecule has 9 nitrogen and oxygen atoms in total. The first-order chi connectivity index (χ1) is 11.8. The molecular weight excluding hydrogens is 308 g/mol. The molecule has 24 heavy (non-hydrogen) atoms. The summed E-state index contributed by atoms with van der Waals surface area (Å²) in [5.41, 5.74) is 0.909. The molecule has 0 atom stereocenters. The van der Waals surface area contributed by atoms with Crippen molar-refractivity contribution in [2.75, 3.05) is 11.9 Å². The highest BCUT2D eigenvalue weighted by Crippen LogP contribution is 2.03. The third-order valence-electron chi connectivity index (χ3n) is 3.15. The van der Waals surface area contributed by atoms with Crippen molar-refractivity contribution in [3.63, 3.8) is 0 Å².